The molecule has 2 atom stereocenters. The molecule has 0 saturated carbocycles. The van der Waals surface area contributed by atoms with Gasteiger partial charge in [-0.25, -0.2) is 18.1 Å². The molecular formula is C25H25ClN4O5S2. The minimum atomic E-state index is -3.96. The van der Waals surface area contributed by atoms with Crippen LogP contribution in [0.2, 0.25) is 5.02 Å². The lowest BCUT2D eigenvalue weighted by Crippen LogP contribution is -2.31. The summed E-state index contributed by atoms with van der Waals surface area (Å²) in [6, 6.07) is 18.4. The SMILES string of the molecule is Cc1c(Cl)cccc1S(=O)(=O)N[C@@H](Cc1ccc(C2CC(=O)NS2(O)O)cc1)c1nc2ccccc2[nH]1. The Morgan fingerprint density at radius 2 is 1.84 bits per heavy atom. The fourth-order valence-electron chi connectivity index (χ4n) is 4.44. The molecule has 1 unspecified atom stereocenters. The molecule has 5 N–H and O–H groups in total. The molecule has 3 aromatic carbocycles. The smallest absolute Gasteiger partial charge is 0.241 e. The third kappa shape index (κ3) is 5.24. The first-order valence-electron chi connectivity index (χ1n) is 11.4. The molecule has 0 radical (unpaired) electrons. The number of para-hydroxylation sites is 2. The minimum absolute atomic E-state index is 0.0118. The number of aromatic amines is 1. The van der Waals surface area contributed by atoms with Crippen LogP contribution in [0.15, 0.2) is 71.6 Å². The molecule has 37 heavy (non-hydrogen) atoms. The maximum Gasteiger partial charge on any atom is 0.241 e. The zero-order chi connectivity index (χ0) is 26.4. The van der Waals surface area contributed by atoms with E-state index < -0.39 is 38.0 Å². The van der Waals surface area contributed by atoms with Crippen LogP contribution in [0.25, 0.3) is 11.0 Å². The van der Waals surface area contributed by atoms with E-state index in [1.54, 1.807) is 43.3 Å². The highest BCUT2D eigenvalue weighted by Gasteiger charge is 2.38. The standard InChI is InChI=1S/C25H25ClN4O5S2/c1-15-18(26)5-4-8-22(15)36(32,33)29-21(25-27-19-6-2-3-7-20(19)28-25)13-16-9-11-17(12-10-16)23-14-24(31)30-37(23,34)35/h2-12,21,23,29,34-35H,13-14H2,1H3,(H,27,28)(H,30,31)/t21-,23?/m0/s1. The molecule has 0 bridgehead atoms. The molecule has 1 fully saturated rings. The molecule has 1 saturated heterocycles. The number of nitrogens with zero attached hydrogens (tertiary/aromatic N) is 1. The van der Waals surface area contributed by atoms with Crippen LogP contribution in [0.1, 0.15) is 40.2 Å². The lowest BCUT2D eigenvalue weighted by molar-refractivity contribution is -0.118. The largest absolute Gasteiger partial charge is 0.341 e. The Kier molecular flexibility index (Phi) is 6.77. The number of hydrogen-bond acceptors (Lipinski definition) is 6. The van der Waals surface area contributed by atoms with Crippen LogP contribution < -0.4 is 9.44 Å². The number of rotatable bonds is 7. The van der Waals surface area contributed by atoms with E-state index in [2.05, 4.69) is 19.4 Å². The van der Waals surface area contributed by atoms with E-state index in [4.69, 9.17) is 11.6 Å². The summed E-state index contributed by atoms with van der Waals surface area (Å²) in [6.45, 7) is 1.65. The second-order valence-corrected chi connectivity index (χ2v) is 13.0. The van der Waals surface area contributed by atoms with Gasteiger partial charge in [0.25, 0.3) is 0 Å². The van der Waals surface area contributed by atoms with Crippen molar-refractivity contribution in [2.45, 2.75) is 36.0 Å². The number of carbonyl (C=O) groups excluding carboxylic acids is 1. The van der Waals surface area contributed by atoms with Crippen molar-refractivity contribution in [2.24, 2.45) is 0 Å². The second-order valence-electron chi connectivity index (χ2n) is 8.93. The molecule has 0 spiro atoms. The van der Waals surface area contributed by atoms with Crippen LogP contribution in [0.3, 0.4) is 0 Å². The van der Waals surface area contributed by atoms with Crippen molar-refractivity contribution >= 4 is 49.3 Å². The first-order chi connectivity index (χ1) is 17.5. The lowest BCUT2D eigenvalue weighted by atomic mass is 10.0. The van der Waals surface area contributed by atoms with E-state index in [9.17, 15) is 22.3 Å². The molecular weight excluding hydrogens is 536 g/mol. The van der Waals surface area contributed by atoms with Crippen molar-refractivity contribution < 1.29 is 22.3 Å². The third-order valence-corrected chi connectivity index (χ3v) is 10.2. The number of halogens is 1. The number of fused-ring (bicyclic) bond motifs is 1. The number of H-pyrrole nitrogens is 1. The van der Waals surface area contributed by atoms with Gasteiger partial charge in [0, 0.05) is 5.02 Å². The van der Waals surface area contributed by atoms with Gasteiger partial charge in [0.2, 0.25) is 15.9 Å². The first kappa shape index (κ1) is 25.7. The number of hydrogen-bond donors (Lipinski definition) is 5. The summed E-state index contributed by atoms with van der Waals surface area (Å²) in [7, 11) is -7.23. The Morgan fingerprint density at radius 1 is 1.11 bits per heavy atom. The minimum Gasteiger partial charge on any atom is -0.341 e. The third-order valence-electron chi connectivity index (χ3n) is 6.37. The highest BCUT2D eigenvalue weighted by atomic mass is 35.5. The molecule has 1 amide bonds. The normalized spacial score (nSPS) is 19.0. The topological polar surface area (TPSA) is 144 Å². The number of sulfonamides is 1. The summed E-state index contributed by atoms with van der Waals surface area (Å²) in [6.07, 6.45) is 0.249. The fourth-order valence-corrected chi connectivity index (χ4v) is 7.62. The Morgan fingerprint density at radius 3 is 2.51 bits per heavy atom. The Bertz CT molecular complexity index is 1560. The molecule has 2 heterocycles. The number of amides is 1. The van der Waals surface area contributed by atoms with Crippen LogP contribution in [0.5, 0.6) is 0 Å². The van der Waals surface area contributed by atoms with Crippen molar-refractivity contribution in [3.63, 3.8) is 0 Å². The van der Waals surface area contributed by atoms with Crippen LogP contribution in [0.4, 0.5) is 0 Å². The summed E-state index contributed by atoms with van der Waals surface area (Å²) in [5.41, 5.74) is 3.33. The fraction of sp³-hybridized carbons (Fsp3) is 0.200. The Balaban J connectivity index is 1.47. The molecule has 12 heteroatoms. The monoisotopic (exact) mass is 560 g/mol. The van der Waals surface area contributed by atoms with Crippen molar-refractivity contribution in [3.05, 3.63) is 94.3 Å². The van der Waals surface area contributed by atoms with Gasteiger partial charge >= 0.3 is 0 Å². The molecule has 1 aliphatic heterocycles. The molecule has 1 aromatic heterocycles. The van der Waals surface area contributed by atoms with Gasteiger partial charge in [-0.05, 0) is 54.3 Å². The lowest BCUT2D eigenvalue weighted by Gasteiger charge is -2.32. The van der Waals surface area contributed by atoms with Crippen molar-refractivity contribution in [3.8, 4) is 0 Å². The Labute approximate surface area is 220 Å². The number of benzene rings is 3. The molecule has 4 aromatic rings. The number of carbonyl (C=O) groups is 1. The van der Waals surface area contributed by atoms with Crippen LogP contribution in [-0.4, -0.2) is 33.4 Å². The molecule has 1 aliphatic rings. The summed E-state index contributed by atoms with van der Waals surface area (Å²) < 4.78 is 52.2. The van der Waals surface area contributed by atoms with Crippen molar-refractivity contribution in [1.82, 2.24) is 19.4 Å². The summed E-state index contributed by atoms with van der Waals surface area (Å²) in [5, 5.41) is -0.380. The number of aromatic nitrogens is 2. The van der Waals surface area contributed by atoms with Gasteiger partial charge in [-0.15, -0.1) is 10.8 Å². The zero-order valence-corrected chi connectivity index (χ0v) is 22.1. The van der Waals surface area contributed by atoms with E-state index >= 15 is 0 Å². The van der Waals surface area contributed by atoms with Crippen LogP contribution in [0, 0.1) is 6.92 Å². The summed E-state index contributed by atoms with van der Waals surface area (Å²) >= 11 is 6.18. The summed E-state index contributed by atoms with van der Waals surface area (Å²) in [4.78, 5) is 19.6. The van der Waals surface area contributed by atoms with Gasteiger partial charge < -0.3 is 4.98 Å². The van der Waals surface area contributed by atoms with E-state index in [1.807, 2.05) is 24.3 Å². The molecule has 0 aliphatic carbocycles. The van der Waals surface area contributed by atoms with E-state index in [-0.39, 0.29) is 17.7 Å². The van der Waals surface area contributed by atoms with Gasteiger partial charge in [-0.1, -0.05) is 54.1 Å². The van der Waals surface area contributed by atoms with Crippen molar-refractivity contribution in [2.75, 3.05) is 0 Å². The maximum absolute atomic E-state index is 13.4. The number of imidazole rings is 1. The predicted molar refractivity (Wildman–Crippen MR) is 144 cm³/mol. The average Bonchev–Trinajstić information content (AvgIpc) is 3.40. The predicted octanol–water partition coefficient (Wildman–Crippen LogP) is 5.01. The van der Waals surface area contributed by atoms with Gasteiger partial charge in [0.1, 0.15) is 11.1 Å². The van der Waals surface area contributed by atoms with E-state index in [0.29, 0.717) is 27.5 Å². The molecule has 9 nitrogen and oxygen atoms in total. The first-order valence-corrected chi connectivity index (χ1v) is 14.9. The summed E-state index contributed by atoms with van der Waals surface area (Å²) in [5.74, 6) is 0.0399. The van der Waals surface area contributed by atoms with E-state index in [0.717, 1.165) is 11.1 Å². The maximum atomic E-state index is 13.4. The van der Waals surface area contributed by atoms with Gasteiger partial charge in [-0.2, -0.15) is 0 Å². The number of nitrogens with one attached hydrogen (secondary N) is 3. The van der Waals surface area contributed by atoms with Crippen molar-refractivity contribution in [1.29, 1.82) is 0 Å². The average molecular weight is 561 g/mol. The van der Waals surface area contributed by atoms with Crippen LogP contribution >= 0.6 is 22.4 Å². The quantitative estimate of drug-likeness (QED) is 0.215. The Hall–Kier alpha value is -2.93. The molecule has 5 rings (SSSR count). The van der Waals surface area contributed by atoms with Crippen LogP contribution in [-0.2, 0) is 21.2 Å². The highest BCUT2D eigenvalue weighted by Crippen LogP contribution is 2.56. The second kappa shape index (κ2) is 9.75. The van der Waals surface area contributed by atoms with Gasteiger partial charge in [0.15, 0.2) is 0 Å². The highest BCUT2D eigenvalue weighted by molar-refractivity contribution is 8.23. The zero-order valence-electron chi connectivity index (χ0n) is 19.7. The van der Waals surface area contributed by atoms with E-state index in [1.165, 1.54) is 6.07 Å². The molecule has 194 valence electrons. The van der Waals surface area contributed by atoms with Gasteiger partial charge in [-0.3, -0.25) is 18.6 Å². The van der Waals surface area contributed by atoms with Gasteiger partial charge in [0.05, 0.1) is 28.4 Å².